The lowest BCUT2D eigenvalue weighted by Gasteiger charge is -2.23. The van der Waals surface area contributed by atoms with Crippen LogP contribution in [0, 0.1) is 0 Å². The van der Waals surface area contributed by atoms with Crippen LogP contribution in [0.25, 0.3) is 0 Å². The van der Waals surface area contributed by atoms with E-state index in [-0.39, 0.29) is 42.3 Å². The number of ether oxygens (including phenoxy) is 2. The zero-order valence-corrected chi connectivity index (χ0v) is 13.3. The van der Waals surface area contributed by atoms with E-state index in [0.717, 1.165) is 11.0 Å². The molecule has 1 atom stereocenters. The van der Waals surface area contributed by atoms with Crippen molar-refractivity contribution in [1.29, 1.82) is 0 Å². The van der Waals surface area contributed by atoms with Crippen molar-refractivity contribution in [2.24, 2.45) is 0 Å². The molecule has 0 heterocycles. The first-order valence-corrected chi connectivity index (χ1v) is 5.34. The standard InChI is InChI=1S/C11H22NO4.HI/c1-9(16-10(2)13)8-11(14)15-7-6-12(3,4)5;/h9H,6-8H2,1-5H3;1H/q+1;/p-1. The lowest BCUT2D eigenvalue weighted by molar-refractivity contribution is -0.870. The van der Waals surface area contributed by atoms with Gasteiger partial charge < -0.3 is 37.9 Å². The predicted molar refractivity (Wildman–Crippen MR) is 59.7 cm³/mol. The molecule has 0 amide bonds. The molecule has 0 aliphatic carbocycles. The van der Waals surface area contributed by atoms with Crippen molar-refractivity contribution in [2.75, 3.05) is 34.3 Å². The average Bonchev–Trinajstić information content (AvgIpc) is 1.98. The molecule has 17 heavy (non-hydrogen) atoms. The van der Waals surface area contributed by atoms with Gasteiger partial charge >= 0.3 is 11.9 Å². The maximum atomic E-state index is 11.3. The van der Waals surface area contributed by atoms with Gasteiger partial charge in [0.1, 0.15) is 19.3 Å². The molecule has 0 saturated heterocycles. The number of carbonyl (C=O) groups is 2. The Morgan fingerprint density at radius 1 is 1.24 bits per heavy atom. The van der Waals surface area contributed by atoms with Gasteiger partial charge in [-0.15, -0.1) is 0 Å². The summed E-state index contributed by atoms with van der Waals surface area (Å²) in [5.41, 5.74) is 0. The SMILES string of the molecule is CC(=O)OC(C)CC(=O)OCC[N+](C)(C)C.[I-]. The molecule has 0 aromatic heterocycles. The lowest BCUT2D eigenvalue weighted by Crippen LogP contribution is -3.00. The Labute approximate surface area is 120 Å². The van der Waals surface area contributed by atoms with E-state index >= 15 is 0 Å². The molecule has 5 nitrogen and oxygen atoms in total. The first-order chi connectivity index (χ1) is 7.20. The number of likely N-dealkylation sites (N-methyl/N-ethyl adjacent to an activating group) is 1. The summed E-state index contributed by atoms with van der Waals surface area (Å²) in [7, 11) is 6.07. The molecular weight excluding hydrogens is 337 g/mol. The van der Waals surface area contributed by atoms with Gasteiger partial charge in [0.25, 0.3) is 0 Å². The van der Waals surface area contributed by atoms with Crippen LogP contribution in [0.4, 0.5) is 0 Å². The number of quaternary nitrogens is 1. The number of hydrogen-bond acceptors (Lipinski definition) is 4. The van der Waals surface area contributed by atoms with Crippen LogP contribution in [0.1, 0.15) is 20.3 Å². The summed E-state index contributed by atoms with van der Waals surface area (Å²) < 4.78 is 10.6. The van der Waals surface area contributed by atoms with Crippen LogP contribution in [-0.4, -0.2) is 56.8 Å². The van der Waals surface area contributed by atoms with Crippen molar-refractivity contribution < 1.29 is 47.5 Å². The Kier molecular flexibility index (Phi) is 9.69. The van der Waals surface area contributed by atoms with Crippen LogP contribution in [0.5, 0.6) is 0 Å². The van der Waals surface area contributed by atoms with Crippen molar-refractivity contribution in [3.8, 4) is 0 Å². The summed E-state index contributed by atoms with van der Waals surface area (Å²) in [6.07, 6.45) is -0.314. The smallest absolute Gasteiger partial charge is 0.309 e. The Morgan fingerprint density at radius 3 is 2.18 bits per heavy atom. The van der Waals surface area contributed by atoms with Crippen LogP contribution < -0.4 is 24.0 Å². The number of esters is 2. The normalized spacial score (nSPS) is 12.3. The van der Waals surface area contributed by atoms with Crippen LogP contribution in [-0.2, 0) is 19.1 Å². The van der Waals surface area contributed by atoms with E-state index in [0.29, 0.717) is 6.61 Å². The fourth-order valence-electron chi connectivity index (χ4n) is 1.05. The quantitative estimate of drug-likeness (QED) is 0.301. The number of hydrogen-bond donors (Lipinski definition) is 0. The Hall–Kier alpha value is -0.370. The lowest BCUT2D eigenvalue weighted by atomic mass is 10.3. The maximum Gasteiger partial charge on any atom is 0.309 e. The highest BCUT2D eigenvalue weighted by atomic mass is 127. The van der Waals surface area contributed by atoms with E-state index in [1.807, 2.05) is 21.1 Å². The minimum atomic E-state index is -0.422. The average molecular weight is 359 g/mol. The second-order valence-electron chi connectivity index (χ2n) is 4.86. The molecule has 0 spiro atoms. The van der Waals surface area contributed by atoms with Crippen LogP contribution >= 0.6 is 0 Å². The summed E-state index contributed by atoms with van der Waals surface area (Å²) in [6.45, 7) is 4.13. The second kappa shape index (κ2) is 8.68. The zero-order valence-electron chi connectivity index (χ0n) is 11.2. The van der Waals surface area contributed by atoms with Gasteiger partial charge in [0.05, 0.1) is 27.6 Å². The van der Waals surface area contributed by atoms with Crippen LogP contribution in [0.15, 0.2) is 0 Å². The molecule has 0 bridgehead atoms. The maximum absolute atomic E-state index is 11.3. The molecule has 0 fully saturated rings. The van der Waals surface area contributed by atoms with Gasteiger partial charge in [-0.1, -0.05) is 0 Å². The number of nitrogens with zero attached hydrogens (tertiary/aromatic N) is 1. The van der Waals surface area contributed by atoms with E-state index in [1.54, 1.807) is 6.92 Å². The second-order valence-corrected chi connectivity index (χ2v) is 4.86. The monoisotopic (exact) mass is 359 g/mol. The van der Waals surface area contributed by atoms with E-state index < -0.39 is 6.10 Å². The Balaban J connectivity index is 0. The predicted octanol–water partition coefficient (Wildman–Crippen LogP) is -2.42. The van der Waals surface area contributed by atoms with Crippen molar-refractivity contribution in [3.05, 3.63) is 0 Å². The third-order valence-corrected chi connectivity index (χ3v) is 1.85. The highest BCUT2D eigenvalue weighted by Crippen LogP contribution is 2.00. The van der Waals surface area contributed by atoms with Gasteiger partial charge in [-0.25, -0.2) is 0 Å². The summed E-state index contributed by atoms with van der Waals surface area (Å²) in [6, 6.07) is 0. The molecule has 0 aliphatic heterocycles. The van der Waals surface area contributed by atoms with Crippen LogP contribution in [0.2, 0.25) is 0 Å². The third-order valence-electron chi connectivity index (χ3n) is 1.85. The largest absolute Gasteiger partial charge is 1.00 e. The molecule has 0 rings (SSSR count). The molecule has 0 aromatic rings. The van der Waals surface area contributed by atoms with E-state index in [2.05, 4.69) is 0 Å². The third kappa shape index (κ3) is 13.6. The van der Waals surface area contributed by atoms with Crippen molar-refractivity contribution in [3.63, 3.8) is 0 Å². The van der Waals surface area contributed by atoms with E-state index in [1.165, 1.54) is 6.92 Å². The fourth-order valence-corrected chi connectivity index (χ4v) is 1.05. The molecule has 102 valence electrons. The highest BCUT2D eigenvalue weighted by Gasteiger charge is 2.14. The molecule has 6 heteroatoms. The zero-order chi connectivity index (χ0) is 12.8. The van der Waals surface area contributed by atoms with Gasteiger partial charge in [0.2, 0.25) is 0 Å². The fraction of sp³-hybridized carbons (Fsp3) is 0.818. The number of carbonyl (C=O) groups excluding carboxylic acids is 2. The first-order valence-electron chi connectivity index (χ1n) is 5.34. The summed E-state index contributed by atoms with van der Waals surface area (Å²) >= 11 is 0. The van der Waals surface area contributed by atoms with Gasteiger partial charge in [0, 0.05) is 6.92 Å². The molecule has 0 N–H and O–H groups in total. The van der Waals surface area contributed by atoms with Crippen molar-refractivity contribution in [2.45, 2.75) is 26.4 Å². The first kappa shape index (κ1) is 19.0. The minimum Gasteiger partial charge on any atom is -1.00 e. The molecule has 0 radical (unpaired) electrons. The van der Waals surface area contributed by atoms with Gasteiger partial charge in [-0.2, -0.15) is 0 Å². The summed E-state index contributed by atoms with van der Waals surface area (Å²) in [5.74, 6) is -0.714. The molecule has 0 aromatic carbocycles. The highest BCUT2D eigenvalue weighted by molar-refractivity contribution is 5.71. The van der Waals surface area contributed by atoms with Gasteiger partial charge in [-0.3, -0.25) is 9.59 Å². The molecule has 0 aliphatic rings. The molecule has 1 unspecified atom stereocenters. The summed E-state index contributed by atoms with van der Waals surface area (Å²) in [5, 5.41) is 0. The minimum absolute atomic E-state index is 0. The van der Waals surface area contributed by atoms with E-state index in [9.17, 15) is 9.59 Å². The van der Waals surface area contributed by atoms with Crippen molar-refractivity contribution >= 4 is 11.9 Å². The van der Waals surface area contributed by atoms with Gasteiger partial charge in [0.15, 0.2) is 0 Å². The van der Waals surface area contributed by atoms with Crippen LogP contribution in [0.3, 0.4) is 0 Å². The molecular formula is C11H22INO4. The topological polar surface area (TPSA) is 52.6 Å². The Bertz CT molecular complexity index is 250. The number of halogens is 1. The summed E-state index contributed by atoms with van der Waals surface area (Å²) in [4.78, 5) is 21.9. The van der Waals surface area contributed by atoms with Gasteiger partial charge in [-0.05, 0) is 6.92 Å². The Morgan fingerprint density at radius 2 is 1.76 bits per heavy atom. The molecule has 0 saturated carbocycles. The van der Waals surface area contributed by atoms with E-state index in [4.69, 9.17) is 9.47 Å². The van der Waals surface area contributed by atoms with Crippen molar-refractivity contribution in [1.82, 2.24) is 0 Å². The number of rotatable bonds is 6.